The largest absolute Gasteiger partial charge is 0.374 e. The molecule has 1 fully saturated rings. The van der Waals surface area contributed by atoms with E-state index in [9.17, 15) is 0 Å². The molecule has 0 saturated heterocycles. The molecular formula is C14H17BN2O. The van der Waals surface area contributed by atoms with Crippen molar-refractivity contribution in [2.24, 2.45) is 0 Å². The van der Waals surface area contributed by atoms with E-state index in [1.165, 1.54) is 24.8 Å². The van der Waals surface area contributed by atoms with Gasteiger partial charge in [0, 0.05) is 12.4 Å². The van der Waals surface area contributed by atoms with Gasteiger partial charge in [0.1, 0.15) is 7.85 Å². The molecule has 3 nitrogen and oxygen atoms in total. The highest BCUT2D eigenvalue weighted by molar-refractivity contribution is 6.31. The Hall–Kier alpha value is -1.55. The van der Waals surface area contributed by atoms with E-state index in [1.807, 2.05) is 6.07 Å². The number of hydrogen-bond donors (Lipinski definition) is 1. The fourth-order valence-corrected chi connectivity index (χ4v) is 1.59. The highest BCUT2D eigenvalue weighted by atomic mass is 16.5. The van der Waals surface area contributed by atoms with Gasteiger partial charge in [0.05, 0.1) is 12.7 Å². The monoisotopic (exact) mass is 240 g/mol. The second-order valence-electron chi connectivity index (χ2n) is 4.38. The first kappa shape index (κ1) is 12.9. The molecular weight excluding hydrogens is 223 g/mol. The maximum Gasteiger partial charge on any atom is 0.118 e. The Labute approximate surface area is 109 Å². The zero-order chi connectivity index (χ0) is 12.6. The van der Waals surface area contributed by atoms with Gasteiger partial charge >= 0.3 is 0 Å². The Bertz CT molecular complexity index is 426. The van der Waals surface area contributed by atoms with Crippen molar-refractivity contribution in [2.45, 2.75) is 32.0 Å². The van der Waals surface area contributed by atoms with E-state index in [4.69, 9.17) is 12.6 Å². The Balaban J connectivity index is 0.000000169. The Morgan fingerprint density at radius 1 is 1.28 bits per heavy atom. The van der Waals surface area contributed by atoms with Crippen molar-refractivity contribution in [1.29, 1.82) is 0 Å². The predicted octanol–water partition coefficient (Wildman–Crippen LogP) is 1.96. The van der Waals surface area contributed by atoms with Crippen molar-refractivity contribution in [3.8, 4) is 0 Å². The van der Waals surface area contributed by atoms with Gasteiger partial charge < -0.3 is 4.74 Å². The van der Waals surface area contributed by atoms with Crippen molar-refractivity contribution in [3.05, 3.63) is 48.3 Å². The third kappa shape index (κ3) is 4.38. The quantitative estimate of drug-likeness (QED) is 0.833. The Kier molecular flexibility index (Phi) is 5.03. The first-order valence-corrected chi connectivity index (χ1v) is 6.24. The van der Waals surface area contributed by atoms with E-state index in [0.29, 0.717) is 11.6 Å². The van der Waals surface area contributed by atoms with Crippen LogP contribution in [0.3, 0.4) is 0 Å². The minimum absolute atomic E-state index is 0.546. The van der Waals surface area contributed by atoms with Gasteiger partial charge in [-0.2, -0.15) is 5.10 Å². The number of aromatic nitrogens is 2. The van der Waals surface area contributed by atoms with Crippen LogP contribution in [-0.4, -0.2) is 24.1 Å². The molecule has 2 radical (unpaired) electrons. The van der Waals surface area contributed by atoms with Gasteiger partial charge in [-0.15, -0.1) is 0 Å². The van der Waals surface area contributed by atoms with E-state index in [-0.39, 0.29) is 0 Å². The highest BCUT2D eigenvalue weighted by Gasteiger charge is 2.17. The van der Waals surface area contributed by atoms with Gasteiger partial charge in [0.25, 0.3) is 0 Å². The Morgan fingerprint density at radius 2 is 2.06 bits per heavy atom. The molecule has 0 bridgehead atoms. The molecule has 1 aromatic heterocycles. The maximum absolute atomic E-state index is 5.66. The minimum Gasteiger partial charge on any atom is -0.374 e. The third-order valence-corrected chi connectivity index (χ3v) is 2.90. The summed E-state index contributed by atoms with van der Waals surface area (Å²) in [6, 6.07) is 10.4. The van der Waals surface area contributed by atoms with Gasteiger partial charge in [0.2, 0.25) is 0 Å². The number of nitrogens with one attached hydrogen (secondary N) is 1. The molecule has 1 aromatic carbocycles. The number of H-pyrrole nitrogens is 1. The van der Waals surface area contributed by atoms with Crippen LogP contribution in [0.15, 0.2) is 42.7 Å². The number of nitrogens with zero attached hydrogens (tertiary/aromatic N) is 1. The summed E-state index contributed by atoms with van der Waals surface area (Å²) in [4.78, 5) is 0. The van der Waals surface area contributed by atoms with E-state index in [0.717, 1.165) is 6.61 Å². The Morgan fingerprint density at radius 3 is 2.50 bits per heavy atom. The van der Waals surface area contributed by atoms with E-state index >= 15 is 0 Å². The van der Waals surface area contributed by atoms with Gasteiger partial charge in [0.15, 0.2) is 0 Å². The van der Waals surface area contributed by atoms with Crippen molar-refractivity contribution >= 4 is 13.3 Å². The number of ether oxygens (including phenoxy) is 1. The second-order valence-corrected chi connectivity index (χ2v) is 4.38. The lowest BCUT2D eigenvalue weighted by Gasteiger charge is -2.25. The molecule has 92 valence electrons. The van der Waals surface area contributed by atoms with Crippen LogP contribution in [-0.2, 0) is 11.3 Å². The summed E-state index contributed by atoms with van der Waals surface area (Å²) in [7, 11) is 5.18. The lowest BCUT2D eigenvalue weighted by Crippen LogP contribution is -2.21. The standard InChI is InChI=1S/C11H14O.C3H3BN2/c1-2-5-10(6-3-1)9-12-11-7-4-8-11;4-3-1-5-6-2-3/h1-3,5-6,11H,4,7-9H2;1-2H,(H,5,6). The number of aromatic amines is 1. The van der Waals surface area contributed by atoms with Gasteiger partial charge in [-0.3, -0.25) is 5.10 Å². The van der Waals surface area contributed by atoms with Crippen LogP contribution in [0, 0.1) is 0 Å². The molecule has 1 N–H and O–H groups in total. The van der Waals surface area contributed by atoms with Crippen LogP contribution in [0.5, 0.6) is 0 Å². The molecule has 0 unspecified atom stereocenters. The fraction of sp³-hybridized carbons (Fsp3) is 0.357. The SMILES string of the molecule is [B]c1cn[nH]c1.c1ccc(COC2CCC2)cc1. The molecule has 1 saturated carbocycles. The summed E-state index contributed by atoms with van der Waals surface area (Å²) in [6.45, 7) is 0.783. The summed E-state index contributed by atoms with van der Waals surface area (Å²) < 4.78 is 5.66. The molecule has 0 atom stereocenters. The molecule has 0 amide bonds. The lowest BCUT2D eigenvalue weighted by molar-refractivity contribution is -0.00866. The summed E-state index contributed by atoms with van der Waals surface area (Å²) in [5, 5.41) is 6.13. The second kappa shape index (κ2) is 7.02. The maximum atomic E-state index is 5.66. The molecule has 3 rings (SSSR count). The van der Waals surface area contributed by atoms with Gasteiger partial charge in [-0.1, -0.05) is 35.8 Å². The number of benzene rings is 1. The van der Waals surface area contributed by atoms with Crippen molar-refractivity contribution in [2.75, 3.05) is 0 Å². The summed E-state index contributed by atoms with van der Waals surface area (Å²) in [6.07, 6.45) is 7.59. The first-order valence-electron chi connectivity index (χ1n) is 6.24. The van der Waals surface area contributed by atoms with Crippen LogP contribution in [0.2, 0.25) is 0 Å². The molecule has 1 aliphatic rings. The van der Waals surface area contributed by atoms with Crippen molar-refractivity contribution < 1.29 is 4.74 Å². The topological polar surface area (TPSA) is 37.9 Å². The van der Waals surface area contributed by atoms with Crippen LogP contribution in [0.4, 0.5) is 0 Å². The lowest BCUT2D eigenvalue weighted by atomic mass is 9.96. The van der Waals surface area contributed by atoms with Crippen LogP contribution in [0.1, 0.15) is 24.8 Å². The van der Waals surface area contributed by atoms with Gasteiger partial charge in [-0.25, -0.2) is 0 Å². The van der Waals surface area contributed by atoms with E-state index < -0.39 is 0 Å². The normalized spacial score (nSPS) is 14.4. The molecule has 1 heterocycles. The number of hydrogen-bond acceptors (Lipinski definition) is 2. The smallest absolute Gasteiger partial charge is 0.118 e. The summed E-state index contributed by atoms with van der Waals surface area (Å²) in [5.74, 6) is 0. The van der Waals surface area contributed by atoms with Crippen LogP contribution in [0.25, 0.3) is 0 Å². The van der Waals surface area contributed by atoms with Crippen molar-refractivity contribution in [3.63, 3.8) is 0 Å². The van der Waals surface area contributed by atoms with Crippen molar-refractivity contribution in [1.82, 2.24) is 10.2 Å². The summed E-state index contributed by atoms with van der Waals surface area (Å²) >= 11 is 0. The van der Waals surface area contributed by atoms with E-state index in [2.05, 4.69) is 34.5 Å². The molecule has 4 heteroatoms. The van der Waals surface area contributed by atoms with Gasteiger partial charge in [-0.05, 0) is 24.8 Å². The minimum atomic E-state index is 0.546. The third-order valence-electron chi connectivity index (χ3n) is 2.90. The molecule has 1 aliphatic carbocycles. The zero-order valence-corrected chi connectivity index (χ0v) is 10.4. The van der Waals surface area contributed by atoms with Crippen LogP contribution >= 0.6 is 0 Å². The highest BCUT2D eigenvalue weighted by Crippen LogP contribution is 2.22. The molecule has 2 aromatic rings. The summed E-state index contributed by atoms with van der Waals surface area (Å²) in [5.41, 5.74) is 1.96. The predicted molar refractivity (Wildman–Crippen MR) is 72.8 cm³/mol. The number of rotatable bonds is 3. The molecule has 0 aliphatic heterocycles. The average Bonchev–Trinajstić information content (AvgIpc) is 2.81. The molecule has 0 spiro atoms. The fourth-order valence-electron chi connectivity index (χ4n) is 1.59. The zero-order valence-electron chi connectivity index (χ0n) is 10.4. The first-order chi connectivity index (χ1) is 8.84. The molecule has 18 heavy (non-hydrogen) atoms. The van der Waals surface area contributed by atoms with Crippen LogP contribution < -0.4 is 5.46 Å². The van der Waals surface area contributed by atoms with E-state index in [1.54, 1.807) is 12.4 Å². The average molecular weight is 240 g/mol.